The van der Waals surface area contributed by atoms with Gasteiger partial charge in [0.1, 0.15) is 0 Å². The van der Waals surface area contributed by atoms with Crippen molar-refractivity contribution in [2.24, 2.45) is 0 Å². The van der Waals surface area contributed by atoms with E-state index < -0.39 is 0 Å². The highest BCUT2D eigenvalue weighted by atomic mass is 14.3. The molecule has 7 aromatic carbocycles. The Morgan fingerprint density at radius 1 is 0.412 bits per heavy atom. The number of benzene rings is 7. The molecule has 0 saturated carbocycles. The van der Waals surface area contributed by atoms with Crippen molar-refractivity contribution in [3.63, 3.8) is 0 Å². The molecule has 0 heteroatoms. The number of fused-ring (bicyclic) bond motifs is 10. The summed E-state index contributed by atoms with van der Waals surface area (Å²) in [6.07, 6.45) is 2.08. The highest BCUT2D eigenvalue weighted by Gasteiger charge is 2.30. The normalized spacial score (nSPS) is 13.6. The predicted molar refractivity (Wildman–Crippen MR) is 144 cm³/mol. The zero-order chi connectivity index (χ0) is 22.0. The lowest BCUT2D eigenvalue weighted by Crippen LogP contribution is -1.90. The lowest BCUT2D eigenvalue weighted by atomic mass is 9.89. The van der Waals surface area contributed by atoms with E-state index in [0.29, 0.717) is 0 Å². The maximum absolute atomic E-state index is 2.47. The van der Waals surface area contributed by atoms with Gasteiger partial charge in [0.25, 0.3) is 0 Å². The van der Waals surface area contributed by atoms with Crippen LogP contribution in [0.2, 0.25) is 0 Å². The molecular formula is C34H20. The molecule has 0 spiro atoms. The molecule has 0 aliphatic heterocycles. The minimum atomic E-state index is 1.04. The Labute approximate surface area is 197 Å². The fraction of sp³-hybridized carbons (Fsp3) is 0.0588. The number of hydrogen-bond donors (Lipinski definition) is 0. The van der Waals surface area contributed by atoms with Crippen LogP contribution in [-0.4, -0.2) is 0 Å². The van der Waals surface area contributed by atoms with Gasteiger partial charge >= 0.3 is 0 Å². The standard InChI is InChI=1S/C34H20/c1-2-7-25-19(4-1)8-10-23-17-29-26(32(23)25)14-15-27-30(29)18-24-16-22-11-9-20-5-3-6-21-12-13-28(33(24)27)34(22)31(20)21/h1-16H,17-18H2. The average molecular weight is 429 g/mol. The maximum Gasteiger partial charge on any atom is -0.000993 e. The molecule has 34 heavy (non-hydrogen) atoms. The predicted octanol–water partition coefficient (Wildman–Crippen LogP) is 8.88. The summed E-state index contributed by atoms with van der Waals surface area (Å²) in [7, 11) is 0. The average Bonchev–Trinajstić information content (AvgIpc) is 3.45. The second-order valence-electron chi connectivity index (χ2n) is 10.1. The summed E-state index contributed by atoms with van der Waals surface area (Å²) in [6.45, 7) is 0. The van der Waals surface area contributed by atoms with Crippen molar-refractivity contribution >= 4 is 43.1 Å². The quantitative estimate of drug-likeness (QED) is 0.212. The van der Waals surface area contributed by atoms with Crippen LogP contribution in [0.25, 0.3) is 65.3 Å². The summed E-state index contributed by atoms with van der Waals surface area (Å²) >= 11 is 0. The Morgan fingerprint density at radius 3 is 1.91 bits per heavy atom. The van der Waals surface area contributed by atoms with Gasteiger partial charge in [0.05, 0.1) is 0 Å². The first-order chi connectivity index (χ1) is 16.8. The van der Waals surface area contributed by atoms with E-state index in [1.54, 1.807) is 11.1 Å². The Morgan fingerprint density at radius 2 is 1.06 bits per heavy atom. The van der Waals surface area contributed by atoms with Gasteiger partial charge in [0.15, 0.2) is 0 Å². The molecule has 0 radical (unpaired) electrons. The zero-order valence-electron chi connectivity index (χ0n) is 18.7. The number of rotatable bonds is 0. The molecule has 0 amide bonds. The maximum atomic E-state index is 2.47. The van der Waals surface area contributed by atoms with Gasteiger partial charge in [-0.3, -0.25) is 0 Å². The molecule has 0 atom stereocenters. The molecule has 7 aromatic rings. The van der Waals surface area contributed by atoms with Gasteiger partial charge in [-0.25, -0.2) is 0 Å². The molecule has 0 aromatic heterocycles. The molecule has 2 aliphatic carbocycles. The van der Waals surface area contributed by atoms with Gasteiger partial charge in [-0.05, 0) is 100 Å². The van der Waals surface area contributed by atoms with E-state index in [1.165, 1.54) is 76.5 Å². The first kappa shape index (κ1) is 17.3. The van der Waals surface area contributed by atoms with Crippen molar-refractivity contribution in [3.05, 3.63) is 119 Å². The SMILES string of the molecule is c1ccc2c3c(ccc2c1)Cc1c-3ccc2c1Cc1cc3ccc4cccc5ccc(c1-2)c3c45. The summed E-state index contributed by atoms with van der Waals surface area (Å²) in [6, 6.07) is 36.7. The Balaban J connectivity index is 1.36. The van der Waals surface area contributed by atoms with Crippen LogP contribution >= 0.6 is 0 Å². The summed E-state index contributed by atoms with van der Waals surface area (Å²) in [5.74, 6) is 0. The molecular weight excluding hydrogens is 408 g/mol. The van der Waals surface area contributed by atoms with Gasteiger partial charge in [-0.2, -0.15) is 0 Å². The fourth-order valence-electron chi connectivity index (χ4n) is 7.06. The second kappa shape index (κ2) is 5.85. The van der Waals surface area contributed by atoms with E-state index in [1.807, 2.05) is 0 Å². The first-order valence-corrected chi connectivity index (χ1v) is 12.2. The van der Waals surface area contributed by atoms with Crippen LogP contribution in [0.5, 0.6) is 0 Å². The van der Waals surface area contributed by atoms with Gasteiger partial charge in [0, 0.05) is 0 Å². The summed E-state index contributed by atoms with van der Waals surface area (Å²) in [5.41, 5.74) is 11.8. The summed E-state index contributed by atoms with van der Waals surface area (Å²) in [5, 5.41) is 11.0. The van der Waals surface area contributed by atoms with Crippen molar-refractivity contribution in [1.29, 1.82) is 0 Å². The monoisotopic (exact) mass is 428 g/mol. The Hall–Kier alpha value is -4.16. The van der Waals surface area contributed by atoms with E-state index in [2.05, 4.69) is 97.1 Å². The van der Waals surface area contributed by atoms with Crippen molar-refractivity contribution in [2.75, 3.05) is 0 Å². The second-order valence-corrected chi connectivity index (χ2v) is 10.1. The summed E-state index contributed by atoms with van der Waals surface area (Å²) in [4.78, 5) is 0. The molecule has 0 N–H and O–H groups in total. The van der Waals surface area contributed by atoms with Crippen LogP contribution in [-0.2, 0) is 12.8 Å². The van der Waals surface area contributed by atoms with Gasteiger partial charge in [-0.1, -0.05) is 97.1 Å². The third kappa shape index (κ3) is 1.97. The topological polar surface area (TPSA) is 0 Å². The molecule has 156 valence electrons. The van der Waals surface area contributed by atoms with Crippen LogP contribution < -0.4 is 0 Å². The van der Waals surface area contributed by atoms with E-state index >= 15 is 0 Å². The molecule has 2 aliphatic rings. The van der Waals surface area contributed by atoms with E-state index in [4.69, 9.17) is 0 Å². The van der Waals surface area contributed by atoms with Crippen molar-refractivity contribution in [2.45, 2.75) is 12.8 Å². The van der Waals surface area contributed by atoms with E-state index in [9.17, 15) is 0 Å². The molecule has 9 rings (SSSR count). The first-order valence-electron chi connectivity index (χ1n) is 12.2. The third-order valence-electron chi connectivity index (χ3n) is 8.45. The minimum absolute atomic E-state index is 1.04. The molecule has 0 saturated heterocycles. The fourth-order valence-corrected chi connectivity index (χ4v) is 7.06. The summed E-state index contributed by atoms with van der Waals surface area (Å²) < 4.78 is 0. The van der Waals surface area contributed by atoms with Crippen LogP contribution in [0.3, 0.4) is 0 Å². The Bertz CT molecular complexity index is 1990. The van der Waals surface area contributed by atoms with Crippen LogP contribution in [0, 0.1) is 0 Å². The zero-order valence-corrected chi connectivity index (χ0v) is 18.7. The van der Waals surface area contributed by atoms with Crippen molar-refractivity contribution < 1.29 is 0 Å². The van der Waals surface area contributed by atoms with Gasteiger partial charge < -0.3 is 0 Å². The van der Waals surface area contributed by atoms with Crippen LogP contribution in [0.15, 0.2) is 97.1 Å². The molecule has 0 bridgehead atoms. The van der Waals surface area contributed by atoms with Gasteiger partial charge in [0.2, 0.25) is 0 Å². The van der Waals surface area contributed by atoms with Crippen LogP contribution in [0.1, 0.15) is 22.3 Å². The van der Waals surface area contributed by atoms with E-state index in [0.717, 1.165) is 12.8 Å². The van der Waals surface area contributed by atoms with Crippen molar-refractivity contribution in [3.8, 4) is 22.3 Å². The lowest BCUT2D eigenvalue weighted by molar-refractivity contribution is 1.17. The van der Waals surface area contributed by atoms with Gasteiger partial charge in [-0.15, -0.1) is 0 Å². The molecule has 0 fully saturated rings. The van der Waals surface area contributed by atoms with Crippen molar-refractivity contribution in [1.82, 2.24) is 0 Å². The lowest BCUT2D eigenvalue weighted by Gasteiger charge is -2.15. The smallest absolute Gasteiger partial charge is 0.000993 e. The molecule has 0 heterocycles. The largest absolute Gasteiger partial charge is 0.0616 e. The highest BCUT2D eigenvalue weighted by molar-refractivity contribution is 6.26. The number of hydrogen-bond acceptors (Lipinski definition) is 0. The molecule has 0 nitrogen and oxygen atoms in total. The van der Waals surface area contributed by atoms with Crippen LogP contribution in [0.4, 0.5) is 0 Å². The molecule has 0 unspecified atom stereocenters. The Kier molecular flexibility index (Phi) is 2.98. The minimum Gasteiger partial charge on any atom is -0.0616 e. The highest BCUT2D eigenvalue weighted by Crippen LogP contribution is 2.51. The van der Waals surface area contributed by atoms with E-state index in [-0.39, 0.29) is 0 Å². The third-order valence-corrected chi connectivity index (χ3v) is 8.45.